The Balaban J connectivity index is 2.68. The summed E-state index contributed by atoms with van der Waals surface area (Å²) in [5, 5.41) is 8.56. The summed E-state index contributed by atoms with van der Waals surface area (Å²) in [6, 6.07) is 9.92. The number of amides is 1. The molecule has 1 aromatic carbocycles. The molecule has 0 saturated carbocycles. The predicted octanol–water partition coefficient (Wildman–Crippen LogP) is 2.06. The van der Waals surface area contributed by atoms with Crippen LogP contribution < -0.4 is 4.74 Å². The van der Waals surface area contributed by atoms with Crippen LogP contribution in [0.1, 0.15) is 24.9 Å². The predicted molar refractivity (Wildman–Crippen MR) is 81.9 cm³/mol. The van der Waals surface area contributed by atoms with Gasteiger partial charge in [-0.15, -0.1) is 0 Å². The number of rotatable bonds is 7. The lowest BCUT2D eigenvalue weighted by atomic mass is 10.1. The van der Waals surface area contributed by atoms with Crippen molar-refractivity contribution in [3.63, 3.8) is 0 Å². The fourth-order valence-corrected chi connectivity index (χ4v) is 2.06. The summed E-state index contributed by atoms with van der Waals surface area (Å²) in [6.45, 7) is 2.81. The normalized spacial score (nSPS) is 11.8. The second kappa shape index (κ2) is 8.28. The number of carbonyl (C=O) groups excluding carboxylic acids is 1. The maximum atomic E-state index is 12.1. The van der Waals surface area contributed by atoms with Gasteiger partial charge in [0.15, 0.2) is 0 Å². The highest BCUT2D eigenvalue weighted by atomic mass is 16.5. The van der Waals surface area contributed by atoms with Crippen molar-refractivity contribution in [3.8, 4) is 11.8 Å². The van der Waals surface area contributed by atoms with Crippen LogP contribution >= 0.6 is 0 Å². The molecule has 1 amide bonds. The Kier molecular flexibility index (Phi) is 6.70. The average molecular weight is 289 g/mol. The van der Waals surface area contributed by atoms with Crippen LogP contribution in [-0.4, -0.2) is 50.0 Å². The van der Waals surface area contributed by atoms with Crippen molar-refractivity contribution in [2.24, 2.45) is 0 Å². The quantitative estimate of drug-likeness (QED) is 0.771. The summed E-state index contributed by atoms with van der Waals surface area (Å²) >= 11 is 0. The Morgan fingerprint density at radius 1 is 1.38 bits per heavy atom. The van der Waals surface area contributed by atoms with Gasteiger partial charge in [-0.2, -0.15) is 5.26 Å². The first-order valence-electron chi connectivity index (χ1n) is 6.95. The number of benzene rings is 1. The number of para-hydroxylation sites is 1. The van der Waals surface area contributed by atoms with E-state index in [1.807, 2.05) is 49.2 Å². The number of ether oxygens (including phenoxy) is 1. The Hall–Kier alpha value is -2.06. The lowest BCUT2D eigenvalue weighted by molar-refractivity contribution is -0.131. The van der Waals surface area contributed by atoms with Gasteiger partial charge in [-0.1, -0.05) is 18.2 Å². The largest absolute Gasteiger partial charge is 0.496 e. The molecule has 0 aliphatic heterocycles. The van der Waals surface area contributed by atoms with E-state index in [1.54, 1.807) is 19.1 Å². The van der Waals surface area contributed by atoms with Gasteiger partial charge < -0.3 is 9.64 Å². The Bertz CT molecular complexity index is 510. The highest BCUT2D eigenvalue weighted by Crippen LogP contribution is 2.27. The van der Waals surface area contributed by atoms with Crippen LogP contribution in [-0.2, 0) is 4.79 Å². The minimum absolute atomic E-state index is 0.00879. The van der Waals surface area contributed by atoms with Crippen LogP contribution in [0, 0.1) is 11.3 Å². The third kappa shape index (κ3) is 4.76. The SMILES string of the molecule is COc1ccccc1[C@H](C)N(C)CC(=O)N(C)CCC#N. The monoisotopic (exact) mass is 289 g/mol. The molecule has 0 unspecified atom stereocenters. The molecule has 0 radical (unpaired) electrons. The molecule has 1 rings (SSSR count). The summed E-state index contributed by atoms with van der Waals surface area (Å²) < 4.78 is 5.36. The highest BCUT2D eigenvalue weighted by molar-refractivity contribution is 5.78. The van der Waals surface area contributed by atoms with Gasteiger partial charge >= 0.3 is 0 Å². The molecule has 0 aliphatic carbocycles. The number of methoxy groups -OCH3 is 1. The first-order chi connectivity index (χ1) is 10.0. The van der Waals surface area contributed by atoms with Crippen LogP contribution in [0.4, 0.5) is 0 Å². The molecule has 1 aromatic rings. The minimum atomic E-state index is 0.00879. The fraction of sp³-hybridized carbons (Fsp3) is 0.500. The molecule has 0 heterocycles. The molecule has 114 valence electrons. The lowest BCUT2D eigenvalue weighted by Gasteiger charge is -2.27. The van der Waals surface area contributed by atoms with Gasteiger partial charge in [-0.05, 0) is 20.0 Å². The first kappa shape index (κ1) is 17.0. The zero-order chi connectivity index (χ0) is 15.8. The molecule has 0 spiro atoms. The zero-order valence-corrected chi connectivity index (χ0v) is 13.2. The van der Waals surface area contributed by atoms with Gasteiger partial charge in [0.2, 0.25) is 5.91 Å². The fourth-order valence-electron chi connectivity index (χ4n) is 2.06. The van der Waals surface area contributed by atoms with Gasteiger partial charge in [0.25, 0.3) is 0 Å². The van der Waals surface area contributed by atoms with Crippen LogP contribution in [0.3, 0.4) is 0 Å². The second-order valence-corrected chi connectivity index (χ2v) is 5.06. The maximum absolute atomic E-state index is 12.1. The van der Waals surface area contributed by atoms with Crippen LogP contribution in [0.2, 0.25) is 0 Å². The Morgan fingerprint density at radius 3 is 2.67 bits per heavy atom. The molecule has 21 heavy (non-hydrogen) atoms. The lowest BCUT2D eigenvalue weighted by Crippen LogP contribution is -2.38. The smallest absolute Gasteiger partial charge is 0.236 e. The highest BCUT2D eigenvalue weighted by Gasteiger charge is 2.19. The number of nitrogens with zero attached hydrogens (tertiary/aromatic N) is 3. The average Bonchev–Trinajstić information content (AvgIpc) is 2.51. The van der Waals surface area contributed by atoms with Crippen molar-refractivity contribution in [3.05, 3.63) is 29.8 Å². The van der Waals surface area contributed by atoms with Crippen molar-refractivity contribution in [1.82, 2.24) is 9.80 Å². The summed E-state index contributed by atoms with van der Waals surface area (Å²) in [7, 11) is 5.28. The standard InChI is InChI=1S/C16H23N3O2/c1-13(14-8-5-6-9-15(14)21-4)19(3)12-16(20)18(2)11-7-10-17/h5-6,8-9,13H,7,11-12H2,1-4H3/t13-/m0/s1. The maximum Gasteiger partial charge on any atom is 0.236 e. The molecule has 0 aromatic heterocycles. The van der Waals surface area contributed by atoms with E-state index in [2.05, 4.69) is 0 Å². The van der Waals surface area contributed by atoms with Crippen molar-refractivity contribution < 1.29 is 9.53 Å². The van der Waals surface area contributed by atoms with E-state index in [-0.39, 0.29) is 11.9 Å². The number of carbonyl (C=O) groups is 1. The first-order valence-corrected chi connectivity index (χ1v) is 6.95. The molecule has 5 heteroatoms. The van der Waals surface area contributed by atoms with Gasteiger partial charge in [-0.25, -0.2) is 0 Å². The molecule has 0 N–H and O–H groups in total. The van der Waals surface area contributed by atoms with E-state index in [4.69, 9.17) is 10.00 Å². The van der Waals surface area contributed by atoms with Crippen molar-refractivity contribution in [2.45, 2.75) is 19.4 Å². The molecule has 1 atom stereocenters. The molecule has 0 bridgehead atoms. The summed E-state index contributed by atoms with van der Waals surface area (Å²) in [5.74, 6) is 0.830. The van der Waals surface area contributed by atoms with Gasteiger partial charge in [0.05, 0.1) is 26.1 Å². The van der Waals surface area contributed by atoms with Crippen LogP contribution in [0.15, 0.2) is 24.3 Å². The summed E-state index contributed by atoms with van der Waals surface area (Å²) in [6.07, 6.45) is 0.355. The van der Waals surface area contributed by atoms with E-state index in [1.165, 1.54) is 0 Å². The molecular formula is C16H23N3O2. The van der Waals surface area contributed by atoms with E-state index in [0.29, 0.717) is 19.5 Å². The molecule has 5 nitrogen and oxygen atoms in total. The number of hydrogen-bond donors (Lipinski definition) is 0. The van der Waals surface area contributed by atoms with Crippen LogP contribution in [0.5, 0.6) is 5.75 Å². The van der Waals surface area contributed by atoms with E-state index in [9.17, 15) is 4.79 Å². The van der Waals surface area contributed by atoms with Gasteiger partial charge in [0, 0.05) is 25.2 Å². The van der Waals surface area contributed by atoms with E-state index < -0.39 is 0 Å². The number of nitriles is 1. The van der Waals surface area contributed by atoms with Crippen LogP contribution in [0.25, 0.3) is 0 Å². The zero-order valence-electron chi connectivity index (χ0n) is 13.2. The van der Waals surface area contributed by atoms with Gasteiger partial charge in [0.1, 0.15) is 5.75 Å². The Morgan fingerprint density at radius 2 is 2.05 bits per heavy atom. The third-order valence-corrected chi connectivity index (χ3v) is 3.62. The molecular weight excluding hydrogens is 266 g/mol. The van der Waals surface area contributed by atoms with E-state index in [0.717, 1.165) is 11.3 Å². The van der Waals surface area contributed by atoms with Crippen molar-refractivity contribution >= 4 is 5.91 Å². The number of hydrogen-bond acceptors (Lipinski definition) is 4. The summed E-state index contributed by atoms with van der Waals surface area (Å²) in [5.41, 5.74) is 1.05. The molecule has 0 fully saturated rings. The van der Waals surface area contributed by atoms with Gasteiger partial charge in [-0.3, -0.25) is 9.69 Å². The molecule has 0 saturated heterocycles. The third-order valence-electron chi connectivity index (χ3n) is 3.62. The van der Waals surface area contributed by atoms with Crippen molar-refractivity contribution in [2.75, 3.05) is 34.3 Å². The Labute approximate surface area is 126 Å². The second-order valence-electron chi connectivity index (χ2n) is 5.06. The topological polar surface area (TPSA) is 56.6 Å². The number of likely N-dealkylation sites (N-methyl/N-ethyl adjacent to an activating group) is 2. The van der Waals surface area contributed by atoms with Crippen molar-refractivity contribution in [1.29, 1.82) is 5.26 Å². The summed E-state index contributed by atoms with van der Waals surface area (Å²) in [4.78, 5) is 15.7. The van der Waals surface area contributed by atoms with E-state index >= 15 is 0 Å². The molecule has 0 aliphatic rings. The minimum Gasteiger partial charge on any atom is -0.496 e.